The predicted octanol–water partition coefficient (Wildman–Crippen LogP) is 0.309. The summed E-state index contributed by atoms with van der Waals surface area (Å²) < 4.78 is 0. The van der Waals surface area contributed by atoms with E-state index < -0.39 is 11.9 Å². The SMILES string of the molecule is O=NN(CCCC(=O)O)CCC(=O)O. The summed E-state index contributed by atoms with van der Waals surface area (Å²) in [4.78, 5) is 30.4. The Bertz CT molecular complexity index is 218. The lowest BCUT2D eigenvalue weighted by atomic mass is 10.3. The van der Waals surface area contributed by atoms with Gasteiger partial charge < -0.3 is 10.2 Å². The summed E-state index contributed by atoms with van der Waals surface area (Å²) >= 11 is 0. The van der Waals surface area contributed by atoms with Crippen molar-refractivity contribution in [2.24, 2.45) is 5.29 Å². The van der Waals surface area contributed by atoms with Crippen molar-refractivity contribution in [2.75, 3.05) is 13.1 Å². The van der Waals surface area contributed by atoms with Crippen molar-refractivity contribution in [1.29, 1.82) is 0 Å². The van der Waals surface area contributed by atoms with Gasteiger partial charge in [0.25, 0.3) is 0 Å². The third kappa shape index (κ3) is 7.01. The Morgan fingerprint density at radius 2 is 1.64 bits per heavy atom. The number of rotatable bonds is 8. The Kier molecular flexibility index (Phi) is 6.01. The van der Waals surface area contributed by atoms with Gasteiger partial charge in [0.2, 0.25) is 0 Å². The highest BCUT2D eigenvalue weighted by molar-refractivity contribution is 5.67. The summed E-state index contributed by atoms with van der Waals surface area (Å²) in [7, 11) is 0. The van der Waals surface area contributed by atoms with Gasteiger partial charge in [-0.25, -0.2) is 0 Å². The van der Waals surface area contributed by atoms with Crippen molar-refractivity contribution in [3.63, 3.8) is 0 Å². The molecule has 0 amide bonds. The standard InChI is InChI=1S/C7H12N2O5/c10-6(11)2-1-4-9(8-14)5-3-7(12)13/h1-5H2,(H,10,11)(H,12,13). The first-order valence-corrected chi connectivity index (χ1v) is 4.08. The van der Waals surface area contributed by atoms with Crippen molar-refractivity contribution >= 4 is 11.9 Å². The van der Waals surface area contributed by atoms with Gasteiger partial charge in [-0.2, -0.15) is 0 Å². The van der Waals surface area contributed by atoms with E-state index in [2.05, 4.69) is 5.29 Å². The number of nitrogens with zero attached hydrogens (tertiary/aromatic N) is 2. The second-order valence-corrected chi connectivity index (χ2v) is 2.68. The Labute approximate surface area is 80.3 Å². The molecule has 0 rings (SSSR count). The van der Waals surface area contributed by atoms with Gasteiger partial charge in [0.1, 0.15) is 0 Å². The van der Waals surface area contributed by atoms with Crippen LogP contribution >= 0.6 is 0 Å². The second-order valence-electron chi connectivity index (χ2n) is 2.68. The van der Waals surface area contributed by atoms with E-state index in [1.165, 1.54) is 0 Å². The van der Waals surface area contributed by atoms with E-state index in [-0.39, 0.29) is 32.4 Å². The maximum Gasteiger partial charge on any atom is 0.305 e. The lowest BCUT2D eigenvalue weighted by Gasteiger charge is -2.12. The van der Waals surface area contributed by atoms with Crippen molar-refractivity contribution in [3.05, 3.63) is 4.91 Å². The maximum atomic E-state index is 10.1. The second kappa shape index (κ2) is 6.81. The van der Waals surface area contributed by atoms with Gasteiger partial charge in [-0.05, 0) is 6.42 Å². The fourth-order valence-electron chi connectivity index (χ4n) is 0.831. The smallest absolute Gasteiger partial charge is 0.305 e. The van der Waals surface area contributed by atoms with E-state index in [1.807, 2.05) is 0 Å². The summed E-state index contributed by atoms with van der Waals surface area (Å²) in [5, 5.41) is 20.2. The fraction of sp³-hybridized carbons (Fsp3) is 0.714. The number of carboxylic acid groups (broad SMARTS) is 2. The molecule has 0 heterocycles. The summed E-state index contributed by atoms with van der Waals surface area (Å²) in [5.74, 6) is -1.97. The largest absolute Gasteiger partial charge is 0.481 e. The highest BCUT2D eigenvalue weighted by Crippen LogP contribution is 1.97. The molecule has 0 saturated heterocycles. The Morgan fingerprint density at radius 3 is 2.07 bits per heavy atom. The van der Waals surface area contributed by atoms with Crippen LogP contribution in [0.15, 0.2) is 5.29 Å². The van der Waals surface area contributed by atoms with E-state index in [1.54, 1.807) is 0 Å². The zero-order valence-corrected chi connectivity index (χ0v) is 7.55. The molecule has 0 atom stereocenters. The molecule has 0 aliphatic heterocycles. The summed E-state index contributed by atoms with van der Waals surface area (Å²) in [6, 6.07) is 0. The first-order valence-electron chi connectivity index (χ1n) is 4.08. The quantitative estimate of drug-likeness (QED) is 0.435. The Balaban J connectivity index is 3.63. The molecule has 80 valence electrons. The Hall–Kier alpha value is -1.66. The molecule has 7 nitrogen and oxygen atoms in total. The molecule has 0 bridgehead atoms. The van der Waals surface area contributed by atoms with Gasteiger partial charge in [-0.15, -0.1) is 4.91 Å². The number of hydrogen-bond donors (Lipinski definition) is 2. The molecule has 0 aromatic heterocycles. The van der Waals surface area contributed by atoms with Crippen molar-refractivity contribution in [1.82, 2.24) is 5.01 Å². The zero-order valence-electron chi connectivity index (χ0n) is 7.55. The van der Waals surface area contributed by atoms with Crippen LogP contribution in [-0.4, -0.2) is 40.3 Å². The third-order valence-corrected chi connectivity index (χ3v) is 1.51. The maximum absolute atomic E-state index is 10.1. The molecule has 0 aromatic carbocycles. The number of carboxylic acids is 2. The lowest BCUT2D eigenvalue weighted by Crippen LogP contribution is -2.22. The van der Waals surface area contributed by atoms with Crippen LogP contribution in [0.5, 0.6) is 0 Å². The van der Waals surface area contributed by atoms with Gasteiger partial charge in [0.15, 0.2) is 0 Å². The number of hydrogen-bond acceptors (Lipinski definition) is 4. The molecule has 2 N–H and O–H groups in total. The minimum Gasteiger partial charge on any atom is -0.481 e. The zero-order chi connectivity index (χ0) is 11.0. The predicted molar refractivity (Wildman–Crippen MR) is 46.5 cm³/mol. The molecule has 0 fully saturated rings. The van der Waals surface area contributed by atoms with Crippen LogP contribution in [0, 0.1) is 4.91 Å². The molecule has 0 unspecified atom stereocenters. The third-order valence-electron chi connectivity index (χ3n) is 1.51. The van der Waals surface area contributed by atoms with E-state index in [4.69, 9.17) is 10.2 Å². The van der Waals surface area contributed by atoms with Gasteiger partial charge in [0.05, 0.1) is 11.7 Å². The van der Waals surface area contributed by atoms with Crippen molar-refractivity contribution < 1.29 is 19.8 Å². The highest BCUT2D eigenvalue weighted by atomic mass is 16.4. The number of aliphatic carboxylic acids is 2. The minimum atomic E-state index is -1.02. The van der Waals surface area contributed by atoms with Gasteiger partial charge in [0, 0.05) is 19.5 Å². The van der Waals surface area contributed by atoms with E-state index in [0.717, 1.165) is 5.01 Å². The molecule has 0 spiro atoms. The molecule has 7 heteroatoms. The van der Waals surface area contributed by atoms with Gasteiger partial charge in [-0.3, -0.25) is 14.6 Å². The van der Waals surface area contributed by atoms with Crippen molar-refractivity contribution in [3.8, 4) is 0 Å². The summed E-state index contributed by atoms with van der Waals surface area (Å²) in [5.41, 5.74) is 0. The van der Waals surface area contributed by atoms with Crippen LogP contribution in [0.25, 0.3) is 0 Å². The summed E-state index contributed by atoms with van der Waals surface area (Å²) in [6.07, 6.45) is 0.0403. The molecular weight excluding hydrogens is 192 g/mol. The Morgan fingerprint density at radius 1 is 1.07 bits per heavy atom. The van der Waals surface area contributed by atoms with Crippen LogP contribution < -0.4 is 0 Å². The molecule has 0 radical (unpaired) electrons. The fourth-order valence-corrected chi connectivity index (χ4v) is 0.831. The normalized spacial score (nSPS) is 9.43. The monoisotopic (exact) mass is 204 g/mol. The van der Waals surface area contributed by atoms with Crippen molar-refractivity contribution in [2.45, 2.75) is 19.3 Å². The first kappa shape index (κ1) is 12.3. The van der Waals surface area contributed by atoms with Crippen LogP contribution in [0.4, 0.5) is 0 Å². The lowest BCUT2D eigenvalue weighted by molar-refractivity contribution is -0.138. The van der Waals surface area contributed by atoms with Gasteiger partial charge in [-0.1, -0.05) is 0 Å². The van der Waals surface area contributed by atoms with Crippen LogP contribution in [0.2, 0.25) is 0 Å². The molecule has 0 aliphatic carbocycles. The van der Waals surface area contributed by atoms with E-state index in [9.17, 15) is 14.5 Å². The molecular formula is C7H12N2O5. The van der Waals surface area contributed by atoms with Crippen LogP contribution in [0.1, 0.15) is 19.3 Å². The average molecular weight is 204 g/mol. The number of nitroso groups, excluding NO2 is 1. The first-order chi connectivity index (χ1) is 6.56. The summed E-state index contributed by atoms with van der Waals surface area (Å²) in [6.45, 7) is 0.182. The van der Waals surface area contributed by atoms with Gasteiger partial charge >= 0.3 is 11.9 Å². The highest BCUT2D eigenvalue weighted by Gasteiger charge is 2.06. The topological polar surface area (TPSA) is 107 Å². The molecule has 0 aromatic rings. The van der Waals surface area contributed by atoms with Crippen LogP contribution in [-0.2, 0) is 9.59 Å². The van der Waals surface area contributed by atoms with E-state index >= 15 is 0 Å². The minimum absolute atomic E-state index is 0.0124. The average Bonchev–Trinajstić information content (AvgIpc) is 2.10. The molecule has 14 heavy (non-hydrogen) atoms. The number of carbonyl (C=O) groups is 2. The molecule has 0 saturated carbocycles. The molecule has 0 aliphatic rings. The van der Waals surface area contributed by atoms with Crippen LogP contribution in [0.3, 0.4) is 0 Å². The van der Waals surface area contributed by atoms with E-state index in [0.29, 0.717) is 0 Å².